The molecule has 0 saturated carbocycles. The summed E-state index contributed by atoms with van der Waals surface area (Å²) in [6.07, 6.45) is 48.9. The Bertz CT molecular complexity index is 1550. The highest BCUT2D eigenvalue weighted by molar-refractivity contribution is 5.74. The minimum Gasteiger partial charge on any atom is -0.479 e. The molecule has 0 radical (unpaired) electrons. The number of carbonyl (C=O) groups is 4. The molecule has 1 aliphatic rings. The zero-order valence-electron chi connectivity index (χ0n) is 45.9. The van der Waals surface area contributed by atoms with Crippen LogP contribution in [0.4, 0.5) is 0 Å². The average molecular weight is 1030 g/mol. The molecule has 6 unspecified atom stereocenters. The van der Waals surface area contributed by atoms with Gasteiger partial charge < -0.3 is 39.0 Å². The molecule has 0 aromatic heterocycles. The Labute approximate surface area is 442 Å². The Balaban J connectivity index is 2.69. The van der Waals surface area contributed by atoms with Crippen molar-refractivity contribution < 1.29 is 58.2 Å². The number of hydrogen-bond acceptors (Lipinski definition) is 11. The zero-order valence-corrected chi connectivity index (χ0v) is 45.9. The standard InChI is InChI=1S/C61H102O12/c1-4-7-10-13-16-19-22-24-25-26-27-28-29-31-33-35-38-41-44-47-53(62)69-50-52(71-54(63)48-45-42-39-37-34-30-23-20-17-14-11-8-5-2)51-70-61-59(57(66)56(65)58(73-61)60(67)68)72-55(64)49-46-43-40-36-32-21-18-15-12-9-6-3/h8,11,15-20,24-25,30,34,52,56-59,61,65-66H,4-7,9-10,12-14,21-23,26-29,31-33,35-51H2,1-3H3,(H,67,68)/b11-8-,18-15-,19-16-,20-17-,25-24-,34-30-. The number of aliphatic carboxylic acids is 1. The van der Waals surface area contributed by atoms with Gasteiger partial charge in [-0.3, -0.25) is 14.4 Å². The molecule has 1 rings (SSSR count). The Morgan fingerprint density at radius 3 is 1.38 bits per heavy atom. The Morgan fingerprint density at radius 2 is 0.877 bits per heavy atom. The van der Waals surface area contributed by atoms with E-state index in [1.165, 1.54) is 70.6 Å². The number of esters is 3. The van der Waals surface area contributed by atoms with E-state index in [1.807, 2.05) is 0 Å². The molecule has 12 nitrogen and oxygen atoms in total. The largest absolute Gasteiger partial charge is 0.479 e. The molecule has 1 aliphatic heterocycles. The topological polar surface area (TPSA) is 175 Å². The van der Waals surface area contributed by atoms with Gasteiger partial charge in [0.05, 0.1) is 6.61 Å². The molecule has 1 heterocycles. The number of carboxylic acid groups (broad SMARTS) is 1. The normalized spacial score (nSPS) is 18.8. The van der Waals surface area contributed by atoms with Crippen molar-refractivity contribution >= 4 is 23.9 Å². The molecule has 0 aromatic rings. The summed E-state index contributed by atoms with van der Waals surface area (Å²) in [5.41, 5.74) is 0. The van der Waals surface area contributed by atoms with Crippen LogP contribution >= 0.6 is 0 Å². The second-order valence-electron chi connectivity index (χ2n) is 19.5. The van der Waals surface area contributed by atoms with Crippen LogP contribution in [0.15, 0.2) is 72.9 Å². The van der Waals surface area contributed by atoms with Crippen LogP contribution in [-0.4, -0.2) is 89.2 Å². The lowest BCUT2D eigenvalue weighted by Crippen LogP contribution is -2.61. The summed E-state index contributed by atoms with van der Waals surface area (Å²) < 4.78 is 28.3. The van der Waals surface area contributed by atoms with Gasteiger partial charge in [0.2, 0.25) is 0 Å². The van der Waals surface area contributed by atoms with Gasteiger partial charge in [-0.15, -0.1) is 0 Å². The Morgan fingerprint density at radius 1 is 0.466 bits per heavy atom. The monoisotopic (exact) mass is 1030 g/mol. The summed E-state index contributed by atoms with van der Waals surface area (Å²) in [6.45, 7) is 5.77. The highest BCUT2D eigenvalue weighted by Crippen LogP contribution is 2.26. The first-order valence-corrected chi connectivity index (χ1v) is 28.9. The van der Waals surface area contributed by atoms with E-state index in [0.717, 1.165) is 109 Å². The molecule has 0 aliphatic carbocycles. The number of ether oxygens (including phenoxy) is 5. The van der Waals surface area contributed by atoms with Crippen molar-refractivity contribution in [3.05, 3.63) is 72.9 Å². The summed E-state index contributed by atoms with van der Waals surface area (Å²) in [6, 6.07) is 0. The van der Waals surface area contributed by atoms with Crippen LogP contribution in [0.5, 0.6) is 0 Å². The van der Waals surface area contributed by atoms with Crippen molar-refractivity contribution in [2.24, 2.45) is 0 Å². The van der Waals surface area contributed by atoms with E-state index in [2.05, 4.69) is 93.7 Å². The van der Waals surface area contributed by atoms with Crippen molar-refractivity contribution in [1.82, 2.24) is 0 Å². The number of aliphatic hydroxyl groups excluding tert-OH is 2. The third-order valence-corrected chi connectivity index (χ3v) is 12.7. The quantitative estimate of drug-likeness (QED) is 0.0228. The van der Waals surface area contributed by atoms with Gasteiger partial charge in [-0.1, -0.05) is 190 Å². The molecule has 1 saturated heterocycles. The zero-order chi connectivity index (χ0) is 53.3. The van der Waals surface area contributed by atoms with Crippen LogP contribution in [0.25, 0.3) is 0 Å². The fourth-order valence-corrected chi connectivity index (χ4v) is 8.27. The van der Waals surface area contributed by atoms with Crippen molar-refractivity contribution in [1.29, 1.82) is 0 Å². The first-order valence-electron chi connectivity index (χ1n) is 28.9. The molecule has 1 fully saturated rings. The van der Waals surface area contributed by atoms with E-state index in [0.29, 0.717) is 19.3 Å². The molecule has 12 heteroatoms. The molecule has 73 heavy (non-hydrogen) atoms. The third-order valence-electron chi connectivity index (χ3n) is 12.7. The van der Waals surface area contributed by atoms with Crippen molar-refractivity contribution in [2.45, 2.75) is 276 Å². The van der Waals surface area contributed by atoms with E-state index in [1.54, 1.807) is 0 Å². The van der Waals surface area contributed by atoms with E-state index in [9.17, 15) is 34.5 Å². The van der Waals surface area contributed by atoms with E-state index in [4.69, 9.17) is 23.7 Å². The van der Waals surface area contributed by atoms with Gasteiger partial charge in [-0.2, -0.15) is 0 Å². The fraction of sp³-hybridized carbons (Fsp3) is 0.738. The predicted octanol–water partition coefficient (Wildman–Crippen LogP) is 14.6. The first kappa shape index (κ1) is 67.2. The average Bonchev–Trinajstić information content (AvgIpc) is 3.37. The molecule has 0 bridgehead atoms. The van der Waals surface area contributed by atoms with Gasteiger partial charge in [0, 0.05) is 19.3 Å². The maximum absolute atomic E-state index is 13.1. The molecule has 3 N–H and O–H groups in total. The molecular formula is C61H102O12. The summed E-state index contributed by atoms with van der Waals surface area (Å²) in [5.74, 6) is -3.18. The van der Waals surface area contributed by atoms with Crippen LogP contribution in [-0.2, 0) is 42.9 Å². The minimum atomic E-state index is -1.91. The maximum Gasteiger partial charge on any atom is 0.335 e. The lowest BCUT2D eigenvalue weighted by molar-refractivity contribution is -0.301. The summed E-state index contributed by atoms with van der Waals surface area (Å²) in [7, 11) is 0. The van der Waals surface area contributed by atoms with Crippen molar-refractivity contribution in [2.75, 3.05) is 13.2 Å². The van der Waals surface area contributed by atoms with Gasteiger partial charge in [0.1, 0.15) is 18.8 Å². The molecule has 0 spiro atoms. The SMILES string of the molecule is CC/C=C\C/C=C\C/C=C\CCCCCC(=O)OC(COC(=O)CCCCCCCCCCC/C=C\C/C=C\CCCCC)COC1OC(C(=O)O)C(O)C(O)C1OC(=O)CCCCCCC/C=C\CCCC. The second kappa shape index (κ2) is 49.1. The molecule has 418 valence electrons. The number of carbonyl (C=O) groups excluding carboxylic acids is 3. The number of carboxylic acids is 1. The van der Waals surface area contributed by atoms with Gasteiger partial charge in [0.15, 0.2) is 24.6 Å². The van der Waals surface area contributed by atoms with Gasteiger partial charge in [-0.05, 0) is 103 Å². The maximum atomic E-state index is 13.1. The minimum absolute atomic E-state index is 0.0442. The van der Waals surface area contributed by atoms with Gasteiger partial charge >= 0.3 is 23.9 Å². The molecule has 0 amide bonds. The number of rotatable bonds is 48. The fourth-order valence-electron chi connectivity index (χ4n) is 8.27. The van der Waals surface area contributed by atoms with Crippen LogP contribution in [0.2, 0.25) is 0 Å². The number of aliphatic hydroxyl groups is 2. The Hall–Kier alpha value is -3.84. The molecule has 0 aromatic carbocycles. The van der Waals surface area contributed by atoms with Crippen LogP contribution < -0.4 is 0 Å². The second-order valence-corrected chi connectivity index (χ2v) is 19.5. The molecular weight excluding hydrogens is 925 g/mol. The van der Waals surface area contributed by atoms with E-state index in [-0.39, 0.29) is 25.9 Å². The van der Waals surface area contributed by atoms with Crippen molar-refractivity contribution in [3.8, 4) is 0 Å². The molecule has 6 atom stereocenters. The summed E-state index contributed by atoms with van der Waals surface area (Å²) in [5, 5.41) is 31.4. The highest BCUT2D eigenvalue weighted by atomic mass is 16.7. The van der Waals surface area contributed by atoms with Crippen LogP contribution in [0, 0.1) is 0 Å². The van der Waals surface area contributed by atoms with Gasteiger partial charge in [-0.25, -0.2) is 4.79 Å². The number of allylic oxidation sites excluding steroid dienone is 12. The predicted molar refractivity (Wildman–Crippen MR) is 294 cm³/mol. The Kier molecular flexibility index (Phi) is 45.1. The van der Waals surface area contributed by atoms with Crippen molar-refractivity contribution in [3.63, 3.8) is 0 Å². The van der Waals surface area contributed by atoms with E-state index >= 15 is 0 Å². The lowest BCUT2D eigenvalue weighted by Gasteiger charge is -2.40. The third kappa shape index (κ3) is 39.3. The number of unbranched alkanes of at least 4 members (excludes halogenated alkanes) is 22. The summed E-state index contributed by atoms with van der Waals surface area (Å²) in [4.78, 5) is 51.0. The van der Waals surface area contributed by atoms with Crippen LogP contribution in [0.3, 0.4) is 0 Å². The van der Waals surface area contributed by atoms with Crippen LogP contribution in [0.1, 0.15) is 239 Å². The van der Waals surface area contributed by atoms with E-state index < -0.39 is 67.3 Å². The first-order chi connectivity index (χ1) is 35.6. The van der Waals surface area contributed by atoms with Gasteiger partial charge in [0.25, 0.3) is 0 Å². The highest BCUT2D eigenvalue weighted by Gasteiger charge is 2.50. The lowest BCUT2D eigenvalue weighted by atomic mass is 9.98. The number of hydrogen-bond donors (Lipinski definition) is 3. The summed E-state index contributed by atoms with van der Waals surface area (Å²) >= 11 is 0. The smallest absolute Gasteiger partial charge is 0.335 e.